The summed E-state index contributed by atoms with van der Waals surface area (Å²) < 4.78 is 18.9. The van der Waals surface area contributed by atoms with Gasteiger partial charge in [0.1, 0.15) is 17.0 Å². The van der Waals surface area contributed by atoms with E-state index in [0.29, 0.717) is 17.7 Å². The molecule has 2 N–H and O–H groups in total. The second kappa shape index (κ2) is 9.16. The van der Waals surface area contributed by atoms with Crippen molar-refractivity contribution in [2.24, 2.45) is 5.41 Å². The molecule has 0 aliphatic rings. The van der Waals surface area contributed by atoms with Crippen molar-refractivity contribution in [2.75, 3.05) is 13.7 Å². The van der Waals surface area contributed by atoms with E-state index in [0.717, 1.165) is 5.56 Å². The van der Waals surface area contributed by atoms with Gasteiger partial charge in [-0.05, 0) is 38.0 Å². The Morgan fingerprint density at radius 2 is 1.56 bits per heavy atom. The van der Waals surface area contributed by atoms with E-state index >= 15 is 0 Å². The van der Waals surface area contributed by atoms with E-state index in [9.17, 15) is 14.0 Å². The van der Waals surface area contributed by atoms with Crippen molar-refractivity contribution < 1.29 is 18.7 Å². The third-order valence-corrected chi connectivity index (χ3v) is 4.40. The summed E-state index contributed by atoms with van der Waals surface area (Å²) in [4.78, 5) is 24.9. The van der Waals surface area contributed by atoms with E-state index in [1.54, 1.807) is 39.2 Å². The highest BCUT2D eigenvalue weighted by atomic mass is 19.1. The van der Waals surface area contributed by atoms with Crippen LogP contribution in [0.15, 0.2) is 48.5 Å². The summed E-state index contributed by atoms with van der Waals surface area (Å²) in [6.45, 7) is 3.63. The van der Waals surface area contributed by atoms with Gasteiger partial charge in [0, 0.05) is 18.7 Å². The van der Waals surface area contributed by atoms with Crippen LogP contribution in [-0.4, -0.2) is 25.5 Å². The molecular weight excluding hydrogens is 347 g/mol. The van der Waals surface area contributed by atoms with Crippen LogP contribution in [0.2, 0.25) is 0 Å². The fraction of sp³-hybridized carbons (Fsp3) is 0.333. The lowest BCUT2D eigenvalue weighted by molar-refractivity contribution is -0.141. The van der Waals surface area contributed by atoms with Gasteiger partial charge in [-0.25, -0.2) is 4.39 Å². The largest absolute Gasteiger partial charge is 0.496 e. The maximum Gasteiger partial charge on any atom is 0.235 e. The molecule has 2 aromatic carbocycles. The number of hydrogen-bond acceptors (Lipinski definition) is 3. The molecular formula is C21H25FN2O3. The first-order valence-corrected chi connectivity index (χ1v) is 8.78. The minimum absolute atomic E-state index is 0.253. The topological polar surface area (TPSA) is 67.4 Å². The number of nitrogens with one attached hydrogen (secondary N) is 2. The average Bonchev–Trinajstić information content (AvgIpc) is 2.67. The third-order valence-electron chi connectivity index (χ3n) is 4.40. The zero-order valence-corrected chi connectivity index (χ0v) is 15.8. The van der Waals surface area contributed by atoms with E-state index < -0.39 is 17.2 Å². The molecule has 6 heteroatoms. The fourth-order valence-corrected chi connectivity index (χ4v) is 2.58. The highest BCUT2D eigenvalue weighted by Crippen LogP contribution is 2.19. The molecule has 0 fully saturated rings. The summed E-state index contributed by atoms with van der Waals surface area (Å²) in [6, 6.07) is 13.8. The van der Waals surface area contributed by atoms with Crippen LogP contribution in [-0.2, 0) is 22.6 Å². The Balaban J connectivity index is 1.88. The molecule has 27 heavy (non-hydrogen) atoms. The predicted octanol–water partition coefficient (Wildman–Crippen LogP) is 2.84. The average molecular weight is 372 g/mol. The Labute approximate surface area is 158 Å². The molecule has 0 aromatic heterocycles. The van der Waals surface area contributed by atoms with Crippen LogP contribution < -0.4 is 15.4 Å². The molecule has 0 aliphatic carbocycles. The number of para-hydroxylation sites is 1. The molecule has 0 saturated heterocycles. The number of benzene rings is 2. The van der Waals surface area contributed by atoms with E-state index in [1.165, 1.54) is 6.07 Å². The molecule has 0 saturated carbocycles. The maximum absolute atomic E-state index is 13.6. The maximum atomic E-state index is 13.6. The van der Waals surface area contributed by atoms with Gasteiger partial charge in [-0.3, -0.25) is 9.59 Å². The quantitative estimate of drug-likeness (QED) is 0.700. The Hall–Kier alpha value is -2.89. The number of carbonyl (C=O) groups is 2. The van der Waals surface area contributed by atoms with Gasteiger partial charge in [0.05, 0.1) is 7.11 Å². The molecule has 5 nitrogen and oxygen atoms in total. The summed E-state index contributed by atoms with van der Waals surface area (Å²) in [5, 5.41) is 5.48. The van der Waals surface area contributed by atoms with Gasteiger partial charge < -0.3 is 15.4 Å². The summed E-state index contributed by atoms with van der Waals surface area (Å²) in [7, 11) is 1.56. The van der Waals surface area contributed by atoms with Crippen LogP contribution in [0.25, 0.3) is 0 Å². The molecule has 144 valence electrons. The molecule has 2 amide bonds. The van der Waals surface area contributed by atoms with Gasteiger partial charge >= 0.3 is 0 Å². The number of carbonyl (C=O) groups excluding carboxylic acids is 2. The molecule has 0 bridgehead atoms. The molecule has 2 aromatic rings. The van der Waals surface area contributed by atoms with Gasteiger partial charge in [-0.2, -0.15) is 0 Å². The standard InChI is InChI=1S/C21H25FN2O3/c1-21(2,19(25)23-13-12-15-8-4-6-10-17(15)22)20(26)24-14-16-9-5-7-11-18(16)27-3/h4-11H,12-14H2,1-3H3,(H,23,25)(H,24,26). The van der Waals surface area contributed by atoms with Crippen LogP contribution in [0.3, 0.4) is 0 Å². The van der Waals surface area contributed by atoms with Crippen molar-refractivity contribution >= 4 is 11.8 Å². The Kier molecular flexibility index (Phi) is 6.93. The van der Waals surface area contributed by atoms with Crippen molar-refractivity contribution in [3.8, 4) is 5.75 Å². The monoisotopic (exact) mass is 372 g/mol. The van der Waals surface area contributed by atoms with Gasteiger partial charge in [0.25, 0.3) is 0 Å². The summed E-state index contributed by atoms with van der Waals surface area (Å²) >= 11 is 0. The van der Waals surface area contributed by atoms with E-state index in [1.807, 2.05) is 24.3 Å². The zero-order chi connectivity index (χ0) is 19.9. The lowest BCUT2D eigenvalue weighted by atomic mass is 9.91. The number of ether oxygens (including phenoxy) is 1. The molecule has 0 radical (unpaired) electrons. The van der Waals surface area contributed by atoms with Crippen LogP contribution in [0.4, 0.5) is 4.39 Å². The zero-order valence-electron chi connectivity index (χ0n) is 15.8. The van der Waals surface area contributed by atoms with Crippen LogP contribution in [0.5, 0.6) is 5.75 Å². The lowest BCUT2D eigenvalue weighted by Gasteiger charge is -2.23. The smallest absolute Gasteiger partial charge is 0.235 e. The summed E-state index contributed by atoms with van der Waals surface area (Å²) in [5.41, 5.74) is 0.0948. The minimum Gasteiger partial charge on any atom is -0.496 e. The van der Waals surface area contributed by atoms with Crippen molar-refractivity contribution in [1.82, 2.24) is 10.6 Å². The van der Waals surface area contributed by atoms with Crippen LogP contribution in [0, 0.1) is 11.2 Å². The van der Waals surface area contributed by atoms with Crippen molar-refractivity contribution in [2.45, 2.75) is 26.8 Å². The van der Waals surface area contributed by atoms with E-state index in [4.69, 9.17) is 4.74 Å². The SMILES string of the molecule is COc1ccccc1CNC(=O)C(C)(C)C(=O)NCCc1ccccc1F. The van der Waals surface area contributed by atoms with Gasteiger partial charge in [0.2, 0.25) is 11.8 Å². The number of rotatable bonds is 8. The summed E-state index contributed by atoms with van der Waals surface area (Å²) in [6.07, 6.45) is 0.358. The van der Waals surface area contributed by atoms with E-state index in [-0.39, 0.29) is 18.9 Å². The molecule has 0 atom stereocenters. The highest BCUT2D eigenvalue weighted by molar-refractivity contribution is 6.04. The minimum atomic E-state index is -1.25. The molecule has 0 unspecified atom stereocenters. The lowest BCUT2D eigenvalue weighted by Crippen LogP contribution is -2.48. The van der Waals surface area contributed by atoms with E-state index in [2.05, 4.69) is 10.6 Å². The summed E-state index contributed by atoms with van der Waals surface area (Å²) in [5.74, 6) is -0.432. The molecule has 0 aliphatic heterocycles. The Bertz CT molecular complexity index is 806. The van der Waals surface area contributed by atoms with Crippen LogP contribution in [0.1, 0.15) is 25.0 Å². The number of hydrogen-bond donors (Lipinski definition) is 2. The molecule has 0 heterocycles. The first-order valence-electron chi connectivity index (χ1n) is 8.78. The van der Waals surface area contributed by atoms with Gasteiger partial charge in [-0.1, -0.05) is 36.4 Å². The number of halogens is 1. The molecule has 0 spiro atoms. The number of methoxy groups -OCH3 is 1. The molecule has 2 rings (SSSR count). The van der Waals surface area contributed by atoms with Crippen LogP contribution >= 0.6 is 0 Å². The normalized spacial score (nSPS) is 11.0. The second-order valence-corrected chi connectivity index (χ2v) is 6.72. The Morgan fingerprint density at radius 3 is 2.22 bits per heavy atom. The first-order chi connectivity index (χ1) is 12.9. The highest BCUT2D eigenvalue weighted by Gasteiger charge is 2.35. The van der Waals surface area contributed by atoms with Crippen molar-refractivity contribution in [1.29, 1.82) is 0 Å². The predicted molar refractivity (Wildman–Crippen MR) is 102 cm³/mol. The third kappa shape index (κ3) is 5.29. The van der Waals surface area contributed by atoms with Crippen molar-refractivity contribution in [3.05, 3.63) is 65.5 Å². The second-order valence-electron chi connectivity index (χ2n) is 6.72. The first kappa shape index (κ1) is 20.4. The van der Waals surface area contributed by atoms with Gasteiger partial charge in [-0.15, -0.1) is 0 Å². The van der Waals surface area contributed by atoms with Crippen molar-refractivity contribution in [3.63, 3.8) is 0 Å². The fourth-order valence-electron chi connectivity index (χ4n) is 2.58. The Morgan fingerprint density at radius 1 is 0.963 bits per heavy atom. The van der Waals surface area contributed by atoms with Gasteiger partial charge in [0.15, 0.2) is 0 Å². The number of amides is 2.